The van der Waals surface area contributed by atoms with Gasteiger partial charge in [0.25, 0.3) is 0 Å². The van der Waals surface area contributed by atoms with Crippen LogP contribution in [-0.2, 0) is 15.3 Å². The first-order valence-corrected chi connectivity index (χ1v) is 7.22. The fraction of sp³-hybridized carbons (Fsp3) is 0.500. The van der Waals surface area contributed by atoms with Crippen LogP contribution in [0.2, 0.25) is 6.04 Å². The molecule has 0 aliphatic carbocycles. The first-order chi connectivity index (χ1) is 7.36. The lowest BCUT2D eigenvalue weighted by Crippen LogP contribution is -2.18. The average Bonchev–Trinajstić information content (AvgIpc) is 2.31. The van der Waals surface area contributed by atoms with Gasteiger partial charge in [0.1, 0.15) is 0 Å². The summed E-state index contributed by atoms with van der Waals surface area (Å²) < 4.78 is 10.5. The van der Waals surface area contributed by atoms with Gasteiger partial charge in [-0.05, 0) is 24.4 Å². The molecule has 84 valence electrons. The third-order valence-corrected chi connectivity index (χ3v) is 4.46. The standard InChI is InChI=1S/C12H20O2Si/c1-13-15(14-2)11-7-6-10-12-8-4-3-5-9-12/h3-5,8-9,15H,6-7,10-11H2,1-2H3. The van der Waals surface area contributed by atoms with Crippen molar-refractivity contribution in [2.45, 2.75) is 25.3 Å². The molecule has 0 fully saturated rings. The number of hydrogen-bond acceptors (Lipinski definition) is 2. The van der Waals surface area contributed by atoms with Crippen molar-refractivity contribution in [3.05, 3.63) is 35.9 Å². The topological polar surface area (TPSA) is 18.5 Å². The van der Waals surface area contributed by atoms with Crippen molar-refractivity contribution in [2.75, 3.05) is 14.2 Å². The Balaban J connectivity index is 2.12. The number of benzene rings is 1. The monoisotopic (exact) mass is 224 g/mol. The summed E-state index contributed by atoms with van der Waals surface area (Å²) in [6.07, 6.45) is 3.59. The molecule has 0 atom stereocenters. The molecule has 0 aliphatic heterocycles. The van der Waals surface area contributed by atoms with Crippen molar-refractivity contribution in [2.24, 2.45) is 0 Å². The molecule has 1 aromatic carbocycles. The second-order valence-corrected chi connectivity index (χ2v) is 6.01. The highest BCUT2D eigenvalue weighted by Gasteiger charge is 2.07. The minimum Gasteiger partial charge on any atom is -0.400 e. The Morgan fingerprint density at radius 3 is 2.27 bits per heavy atom. The minimum atomic E-state index is -1.32. The third kappa shape index (κ3) is 5.11. The highest BCUT2D eigenvalue weighted by atomic mass is 28.3. The molecule has 0 aliphatic rings. The van der Waals surface area contributed by atoms with E-state index in [1.807, 2.05) is 0 Å². The van der Waals surface area contributed by atoms with Gasteiger partial charge in [-0.1, -0.05) is 36.8 Å². The lowest BCUT2D eigenvalue weighted by Gasteiger charge is -2.10. The Kier molecular flexibility index (Phi) is 6.32. The molecule has 0 heterocycles. The Morgan fingerprint density at radius 1 is 1.00 bits per heavy atom. The van der Waals surface area contributed by atoms with E-state index in [-0.39, 0.29) is 0 Å². The Bertz CT molecular complexity index is 247. The predicted molar refractivity (Wildman–Crippen MR) is 65.4 cm³/mol. The Labute approximate surface area is 94.1 Å². The first-order valence-electron chi connectivity index (χ1n) is 5.46. The van der Waals surface area contributed by atoms with Crippen LogP contribution in [0, 0.1) is 0 Å². The highest BCUT2D eigenvalue weighted by molar-refractivity contribution is 6.44. The first kappa shape index (κ1) is 12.4. The molecule has 0 radical (unpaired) electrons. The zero-order valence-corrected chi connectivity index (χ0v) is 10.8. The molecular formula is C12H20O2Si. The van der Waals surface area contributed by atoms with Crippen LogP contribution in [-0.4, -0.2) is 23.5 Å². The number of aryl methyl sites for hydroxylation is 1. The predicted octanol–water partition coefficient (Wildman–Crippen LogP) is 2.52. The van der Waals surface area contributed by atoms with E-state index in [0.717, 1.165) is 12.5 Å². The van der Waals surface area contributed by atoms with Crippen LogP contribution in [0.1, 0.15) is 18.4 Å². The van der Waals surface area contributed by atoms with Crippen molar-refractivity contribution >= 4 is 9.28 Å². The SMILES string of the molecule is CO[SiH](CCCCc1ccccc1)OC. The number of unbranched alkanes of at least 4 members (excludes halogenated alkanes) is 1. The highest BCUT2D eigenvalue weighted by Crippen LogP contribution is 2.08. The van der Waals surface area contributed by atoms with Gasteiger partial charge in [-0.3, -0.25) is 0 Å². The number of rotatable bonds is 7. The molecule has 15 heavy (non-hydrogen) atoms. The largest absolute Gasteiger partial charge is 0.400 e. The van der Waals surface area contributed by atoms with Gasteiger partial charge in [0.05, 0.1) is 0 Å². The average molecular weight is 224 g/mol. The molecule has 1 rings (SSSR count). The minimum absolute atomic E-state index is 1.11. The van der Waals surface area contributed by atoms with Gasteiger partial charge in [0.2, 0.25) is 0 Å². The zero-order valence-electron chi connectivity index (χ0n) is 9.61. The molecule has 2 nitrogen and oxygen atoms in total. The van der Waals surface area contributed by atoms with Crippen molar-refractivity contribution in [3.63, 3.8) is 0 Å². The van der Waals surface area contributed by atoms with E-state index >= 15 is 0 Å². The Hall–Kier alpha value is -0.643. The quantitative estimate of drug-likeness (QED) is 0.523. The summed E-state index contributed by atoms with van der Waals surface area (Å²) in [5, 5.41) is 0. The fourth-order valence-electron chi connectivity index (χ4n) is 1.62. The second-order valence-electron chi connectivity index (χ2n) is 3.63. The molecule has 1 aromatic rings. The van der Waals surface area contributed by atoms with E-state index < -0.39 is 9.28 Å². The van der Waals surface area contributed by atoms with E-state index in [4.69, 9.17) is 8.85 Å². The smallest absolute Gasteiger partial charge is 0.320 e. The maximum atomic E-state index is 5.27. The van der Waals surface area contributed by atoms with Crippen LogP contribution in [0.3, 0.4) is 0 Å². The van der Waals surface area contributed by atoms with E-state index in [2.05, 4.69) is 30.3 Å². The van der Waals surface area contributed by atoms with Crippen molar-refractivity contribution in [1.29, 1.82) is 0 Å². The van der Waals surface area contributed by atoms with Crippen LogP contribution in [0.4, 0.5) is 0 Å². The zero-order chi connectivity index (χ0) is 10.9. The van der Waals surface area contributed by atoms with Crippen LogP contribution in [0.15, 0.2) is 30.3 Å². The van der Waals surface area contributed by atoms with E-state index in [9.17, 15) is 0 Å². The van der Waals surface area contributed by atoms with Crippen LogP contribution >= 0.6 is 0 Å². The van der Waals surface area contributed by atoms with Crippen molar-refractivity contribution < 1.29 is 8.85 Å². The van der Waals surface area contributed by atoms with Gasteiger partial charge in [0, 0.05) is 14.2 Å². The van der Waals surface area contributed by atoms with Crippen molar-refractivity contribution in [1.82, 2.24) is 0 Å². The fourth-order valence-corrected chi connectivity index (χ4v) is 2.90. The van der Waals surface area contributed by atoms with Gasteiger partial charge in [-0.25, -0.2) is 0 Å². The molecular weight excluding hydrogens is 204 g/mol. The van der Waals surface area contributed by atoms with Crippen LogP contribution in [0.5, 0.6) is 0 Å². The van der Waals surface area contributed by atoms with Crippen molar-refractivity contribution in [3.8, 4) is 0 Å². The molecule has 0 amide bonds. The summed E-state index contributed by atoms with van der Waals surface area (Å²) in [5.74, 6) is 0. The summed E-state index contributed by atoms with van der Waals surface area (Å²) in [6.45, 7) is 0. The van der Waals surface area contributed by atoms with E-state index in [0.29, 0.717) is 0 Å². The summed E-state index contributed by atoms with van der Waals surface area (Å²) in [6, 6.07) is 11.7. The summed E-state index contributed by atoms with van der Waals surface area (Å²) in [7, 11) is 2.18. The van der Waals surface area contributed by atoms with Gasteiger partial charge in [-0.15, -0.1) is 0 Å². The van der Waals surface area contributed by atoms with Gasteiger partial charge in [0.15, 0.2) is 0 Å². The van der Waals surface area contributed by atoms with E-state index in [1.165, 1.54) is 18.4 Å². The molecule has 0 saturated carbocycles. The lowest BCUT2D eigenvalue weighted by molar-refractivity contribution is 0.276. The third-order valence-electron chi connectivity index (χ3n) is 2.52. The van der Waals surface area contributed by atoms with Gasteiger partial charge < -0.3 is 8.85 Å². The second kappa shape index (κ2) is 7.62. The molecule has 3 heteroatoms. The molecule has 0 saturated heterocycles. The molecule has 0 aromatic heterocycles. The molecule has 0 bridgehead atoms. The van der Waals surface area contributed by atoms with E-state index in [1.54, 1.807) is 14.2 Å². The summed E-state index contributed by atoms with van der Waals surface area (Å²) in [5.41, 5.74) is 1.42. The normalized spacial score (nSPS) is 10.9. The van der Waals surface area contributed by atoms with Gasteiger partial charge >= 0.3 is 9.28 Å². The molecule has 0 unspecified atom stereocenters. The maximum Gasteiger partial charge on any atom is 0.320 e. The molecule has 0 N–H and O–H groups in total. The van der Waals surface area contributed by atoms with Crippen LogP contribution in [0.25, 0.3) is 0 Å². The molecule has 0 spiro atoms. The maximum absolute atomic E-state index is 5.27. The number of hydrogen-bond donors (Lipinski definition) is 0. The van der Waals surface area contributed by atoms with Gasteiger partial charge in [-0.2, -0.15) is 0 Å². The summed E-state index contributed by atoms with van der Waals surface area (Å²) in [4.78, 5) is 0. The van der Waals surface area contributed by atoms with Crippen LogP contribution < -0.4 is 0 Å². The lowest BCUT2D eigenvalue weighted by atomic mass is 10.1. The summed E-state index contributed by atoms with van der Waals surface area (Å²) >= 11 is 0. The Morgan fingerprint density at radius 2 is 1.67 bits per heavy atom.